The van der Waals surface area contributed by atoms with Gasteiger partial charge in [0.25, 0.3) is 5.56 Å². The molecule has 2 atom stereocenters. The van der Waals surface area contributed by atoms with E-state index in [2.05, 4.69) is 4.90 Å². The van der Waals surface area contributed by atoms with Gasteiger partial charge in [0.1, 0.15) is 5.82 Å². The normalized spacial score (nSPS) is 25.9. The van der Waals surface area contributed by atoms with Crippen molar-refractivity contribution in [1.29, 1.82) is 0 Å². The van der Waals surface area contributed by atoms with Crippen LogP contribution in [-0.4, -0.2) is 38.7 Å². The first-order valence-electron chi connectivity index (χ1n) is 10.2. The zero-order valence-corrected chi connectivity index (χ0v) is 16.3. The van der Waals surface area contributed by atoms with Gasteiger partial charge in [0, 0.05) is 30.1 Å². The highest BCUT2D eigenvalue weighted by atomic mass is 35.5. The lowest BCUT2D eigenvalue weighted by atomic mass is 9.80. The van der Waals surface area contributed by atoms with E-state index in [4.69, 9.17) is 16.6 Å². The van der Waals surface area contributed by atoms with Crippen molar-refractivity contribution in [3.63, 3.8) is 0 Å². The number of benzene rings is 1. The summed E-state index contributed by atoms with van der Waals surface area (Å²) < 4.78 is 1.88. The average molecular weight is 388 g/mol. The molecular weight excluding hydrogens is 362 g/mol. The largest absolute Gasteiger partial charge is 0.392 e. The third-order valence-electron chi connectivity index (χ3n) is 6.91. The Morgan fingerprint density at radius 3 is 2.74 bits per heavy atom. The average Bonchev–Trinajstić information content (AvgIpc) is 2.65. The van der Waals surface area contributed by atoms with Crippen LogP contribution in [0.15, 0.2) is 16.9 Å². The van der Waals surface area contributed by atoms with E-state index >= 15 is 0 Å². The maximum atomic E-state index is 13.1. The molecule has 5 nitrogen and oxygen atoms in total. The first-order chi connectivity index (χ1) is 13.2. The van der Waals surface area contributed by atoms with Gasteiger partial charge in [0.05, 0.1) is 17.5 Å². The Bertz CT molecular complexity index is 937. The molecule has 0 amide bonds. The third-order valence-corrected chi connectivity index (χ3v) is 7.27. The molecule has 2 aliphatic heterocycles. The Balaban J connectivity index is 1.56. The van der Waals surface area contributed by atoms with Gasteiger partial charge >= 0.3 is 0 Å². The van der Waals surface area contributed by atoms with Crippen molar-refractivity contribution in [1.82, 2.24) is 14.5 Å². The van der Waals surface area contributed by atoms with Crippen molar-refractivity contribution in [3.8, 4) is 0 Å². The predicted molar refractivity (Wildman–Crippen MR) is 106 cm³/mol. The highest BCUT2D eigenvalue weighted by Crippen LogP contribution is 2.39. The molecule has 1 aromatic heterocycles. The Kier molecular flexibility index (Phi) is 4.49. The van der Waals surface area contributed by atoms with Crippen LogP contribution in [0.25, 0.3) is 10.9 Å². The third kappa shape index (κ3) is 2.91. The number of likely N-dealkylation sites (tertiary alicyclic amines) is 1. The molecular formula is C21H26ClN3O2. The van der Waals surface area contributed by atoms with Crippen molar-refractivity contribution in [2.24, 2.45) is 5.92 Å². The van der Waals surface area contributed by atoms with Crippen molar-refractivity contribution in [2.75, 3.05) is 13.1 Å². The summed E-state index contributed by atoms with van der Waals surface area (Å²) in [6, 6.07) is 3.95. The van der Waals surface area contributed by atoms with Gasteiger partial charge in [-0.05, 0) is 62.3 Å². The monoisotopic (exact) mass is 387 g/mol. The van der Waals surface area contributed by atoms with Crippen LogP contribution in [0, 0.1) is 5.92 Å². The van der Waals surface area contributed by atoms with Crippen LogP contribution in [0.4, 0.5) is 0 Å². The molecule has 0 radical (unpaired) electrons. The van der Waals surface area contributed by atoms with E-state index in [0.29, 0.717) is 33.4 Å². The molecule has 3 aliphatic rings. The predicted octanol–water partition coefficient (Wildman–Crippen LogP) is 3.29. The van der Waals surface area contributed by atoms with Crippen LogP contribution < -0.4 is 5.56 Å². The van der Waals surface area contributed by atoms with Gasteiger partial charge in [-0.25, -0.2) is 4.98 Å². The molecule has 1 saturated heterocycles. The molecule has 6 heteroatoms. The fourth-order valence-electron chi connectivity index (χ4n) is 5.23. The zero-order valence-electron chi connectivity index (χ0n) is 15.5. The van der Waals surface area contributed by atoms with E-state index in [1.54, 1.807) is 12.1 Å². The molecule has 1 saturated carbocycles. The number of piperidine rings is 1. The summed E-state index contributed by atoms with van der Waals surface area (Å²) in [5.41, 5.74) is 1.30. The quantitative estimate of drug-likeness (QED) is 0.877. The smallest absolute Gasteiger partial charge is 0.261 e. The number of hydrogen-bond donors (Lipinski definition) is 1. The SMILES string of the molecule is O=c1c2cc(Cl)c(CO)cc2nc2n1CC[C@@H]1[C@@H]2CCCN1CC1CCC1. The fraction of sp³-hybridized carbons (Fsp3) is 0.619. The van der Waals surface area contributed by atoms with Gasteiger partial charge in [-0.15, -0.1) is 0 Å². The van der Waals surface area contributed by atoms with E-state index in [9.17, 15) is 9.90 Å². The fourth-order valence-corrected chi connectivity index (χ4v) is 5.45. The Labute approximate surface area is 164 Å². The second kappa shape index (κ2) is 6.87. The Hall–Kier alpha value is -1.43. The molecule has 0 bridgehead atoms. The number of halogens is 1. The van der Waals surface area contributed by atoms with E-state index in [-0.39, 0.29) is 12.2 Å². The zero-order chi connectivity index (χ0) is 18.5. The number of hydrogen-bond acceptors (Lipinski definition) is 4. The highest BCUT2D eigenvalue weighted by molar-refractivity contribution is 6.32. The molecule has 144 valence electrons. The molecule has 3 heterocycles. The molecule has 0 spiro atoms. The Morgan fingerprint density at radius 2 is 2.00 bits per heavy atom. The number of fused-ring (bicyclic) bond motifs is 4. The van der Waals surface area contributed by atoms with Crippen LogP contribution in [0.2, 0.25) is 5.02 Å². The summed E-state index contributed by atoms with van der Waals surface area (Å²) in [7, 11) is 0. The van der Waals surface area contributed by atoms with Gasteiger partial charge in [-0.3, -0.25) is 14.3 Å². The first kappa shape index (κ1) is 17.7. The van der Waals surface area contributed by atoms with Gasteiger partial charge < -0.3 is 5.11 Å². The van der Waals surface area contributed by atoms with Gasteiger partial charge in [-0.1, -0.05) is 18.0 Å². The molecule has 1 aromatic carbocycles. The van der Waals surface area contributed by atoms with Crippen LogP contribution in [-0.2, 0) is 13.2 Å². The molecule has 2 aromatic rings. The first-order valence-corrected chi connectivity index (χ1v) is 10.6. The molecule has 2 fully saturated rings. The lowest BCUT2D eigenvalue weighted by molar-refractivity contribution is 0.0641. The lowest BCUT2D eigenvalue weighted by Crippen LogP contribution is -2.51. The topological polar surface area (TPSA) is 58.4 Å². The summed E-state index contributed by atoms with van der Waals surface area (Å²) in [5.74, 6) is 2.14. The van der Waals surface area contributed by atoms with Crippen LogP contribution in [0.5, 0.6) is 0 Å². The summed E-state index contributed by atoms with van der Waals surface area (Å²) >= 11 is 6.21. The highest BCUT2D eigenvalue weighted by Gasteiger charge is 2.39. The molecule has 0 unspecified atom stereocenters. The summed E-state index contributed by atoms with van der Waals surface area (Å²) in [5, 5.41) is 10.5. The molecule has 1 aliphatic carbocycles. The molecule has 1 N–H and O–H groups in total. The minimum absolute atomic E-state index is 0.0101. The summed E-state index contributed by atoms with van der Waals surface area (Å²) in [6.07, 6.45) is 7.43. The number of aliphatic hydroxyl groups is 1. The maximum absolute atomic E-state index is 13.1. The number of aromatic nitrogens is 2. The summed E-state index contributed by atoms with van der Waals surface area (Å²) in [4.78, 5) is 20.7. The number of nitrogens with zero attached hydrogens (tertiary/aromatic N) is 3. The van der Waals surface area contributed by atoms with Crippen molar-refractivity contribution >= 4 is 22.5 Å². The maximum Gasteiger partial charge on any atom is 0.261 e. The lowest BCUT2D eigenvalue weighted by Gasteiger charge is -2.46. The van der Waals surface area contributed by atoms with Crippen molar-refractivity contribution in [3.05, 3.63) is 38.9 Å². The minimum atomic E-state index is -0.143. The van der Waals surface area contributed by atoms with Crippen LogP contribution >= 0.6 is 11.6 Å². The number of rotatable bonds is 3. The van der Waals surface area contributed by atoms with Crippen molar-refractivity contribution < 1.29 is 5.11 Å². The molecule has 27 heavy (non-hydrogen) atoms. The van der Waals surface area contributed by atoms with Crippen molar-refractivity contribution in [2.45, 2.75) is 63.6 Å². The summed E-state index contributed by atoms with van der Waals surface area (Å²) in [6.45, 7) is 2.98. The molecule has 5 rings (SSSR count). The van der Waals surface area contributed by atoms with Crippen LogP contribution in [0.1, 0.15) is 55.8 Å². The Morgan fingerprint density at radius 1 is 1.15 bits per heavy atom. The second-order valence-electron chi connectivity index (χ2n) is 8.44. The van der Waals surface area contributed by atoms with Gasteiger partial charge in [0.15, 0.2) is 0 Å². The van der Waals surface area contributed by atoms with E-state index < -0.39 is 0 Å². The van der Waals surface area contributed by atoms with Crippen LogP contribution in [0.3, 0.4) is 0 Å². The second-order valence-corrected chi connectivity index (χ2v) is 8.85. The van der Waals surface area contributed by atoms with Gasteiger partial charge in [0.2, 0.25) is 0 Å². The van der Waals surface area contributed by atoms with E-state index in [1.807, 2.05) is 4.57 Å². The van der Waals surface area contributed by atoms with E-state index in [0.717, 1.165) is 31.1 Å². The van der Waals surface area contributed by atoms with E-state index in [1.165, 1.54) is 38.8 Å². The minimum Gasteiger partial charge on any atom is -0.392 e. The number of aliphatic hydroxyl groups excluding tert-OH is 1. The van der Waals surface area contributed by atoms with Gasteiger partial charge in [-0.2, -0.15) is 0 Å². The standard InChI is InChI=1S/C21H26ClN3O2/c22-17-10-16-18(9-14(17)12-26)23-20-15-5-2-7-24(11-13-3-1-4-13)19(15)6-8-25(20)21(16)27/h9-10,13,15,19,26H,1-8,11-12H2/t15-,19+/m0/s1.